The number of aromatic hydroxyl groups is 1. The zero-order chi connectivity index (χ0) is 26.0. The van der Waals surface area contributed by atoms with Gasteiger partial charge in [0.25, 0.3) is 0 Å². The number of phenols is 1. The van der Waals surface area contributed by atoms with E-state index < -0.39 is 12.0 Å². The minimum atomic E-state index is -0.865. The Morgan fingerprint density at radius 2 is 2.00 bits per heavy atom. The van der Waals surface area contributed by atoms with Crippen molar-refractivity contribution in [1.29, 1.82) is 0 Å². The Morgan fingerprint density at radius 3 is 2.79 bits per heavy atom. The number of aromatic nitrogens is 3. The van der Waals surface area contributed by atoms with Gasteiger partial charge in [-0.1, -0.05) is 12.1 Å². The molecule has 4 atom stereocenters. The van der Waals surface area contributed by atoms with E-state index in [1.165, 1.54) is 6.07 Å². The number of aryl methyl sites for hydroxylation is 1. The fourth-order valence-corrected chi connectivity index (χ4v) is 7.08. The van der Waals surface area contributed by atoms with Gasteiger partial charge in [-0.25, -0.2) is 8.78 Å². The molecule has 10 heteroatoms. The molecule has 0 spiro atoms. The number of anilines is 1. The van der Waals surface area contributed by atoms with Gasteiger partial charge in [0.2, 0.25) is 0 Å². The summed E-state index contributed by atoms with van der Waals surface area (Å²) >= 11 is 0. The van der Waals surface area contributed by atoms with Crippen molar-refractivity contribution in [1.82, 2.24) is 25.2 Å². The molecule has 2 aromatic heterocycles. The van der Waals surface area contributed by atoms with E-state index in [4.69, 9.17) is 9.72 Å². The summed E-state index contributed by atoms with van der Waals surface area (Å²) in [6, 6.07) is 5.85. The molecular weight excluding hydrogens is 490 g/mol. The third-order valence-electron chi connectivity index (χ3n) is 8.88. The molecule has 4 saturated heterocycles. The van der Waals surface area contributed by atoms with E-state index in [1.54, 1.807) is 12.3 Å². The summed E-state index contributed by atoms with van der Waals surface area (Å²) < 4.78 is 36.7. The van der Waals surface area contributed by atoms with Gasteiger partial charge in [0.05, 0.1) is 10.9 Å². The molecule has 3 aromatic rings. The van der Waals surface area contributed by atoms with E-state index >= 15 is 4.39 Å². The van der Waals surface area contributed by atoms with Crippen molar-refractivity contribution < 1.29 is 18.6 Å². The van der Waals surface area contributed by atoms with Gasteiger partial charge in [-0.2, -0.15) is 9.97 Å². The van der Waals surface area contributed by atoms with Crippen LogP contribution >= 0.6 is 0 Å². The molecule has 4 aliphatic heterocycles. The van der Waals surface area contributed by atoms with E-state index in [9.17, 15) is 9.50 Å². The van der Waals surface area contributed by atoms with E-state index in [-0.39, 0.29) is 35.1 Å². The van der Waals surface area contributed by atoms with Crippen molar-refractivity contribution >= 4 is 16.7 Å². The Kier molecular flexibility index (Phi) is 5.66. The summed E-state index contributed by atoms with van der Waals surface area (Å²) in [5, 5.41) is 14.7. The molecule has 2 bridgehead atoms. The number of alkyl halides is 1. The van der Waals surface area contributed by atoms with Crippen LogP contribution in [-0.2, 0) is 0 Å². The Balaban J connectivity index is 1.32. The van der Waals surface area contributed by atoms with Gasteiger partial charge >= 0.3 is 6.01 Å². The Morgan fingerprint density at radius 1 is 1.18 bits per heavy atom. The van der Waals surface area contributed by atoms with Crippen LogP contribution in [-0.4, -0.2) is 81.5 Å². The highest BCUT2D eigenvalue weighted by Gasteiger charge is 2.49. The van der Waals surface area contributed by atoms with Crippen LogP contribution in [0.4, 0.5) is 14.6 Å². The van der Waals surface area contributed by atoms with Crippen LogP contribution in [0.15, 0.2) is 24.4 Å². The molecule has 4 aliphatic rings. The zero-order valence-corrected chi connectivity index (χ0v) is 21.5. The molecule has 2 N–H and O–H groups in total. The number of hydrogen-bond donors (Lipinski definition) is 2. The first-order chi connectivity index (χ1) is 18.4. The molecule has 0 radical (unpaired) electrons. The molecule has 2 unspecified atom stereocenters. The molecule has 7 rings (SSSR count). The summed E-state index contributed by atoms with van der Waals surface area (Å²) in [7, 11) is 0. The van der Waals surface area contributed by atoms with Crippen LogP contribution in [0.3, 0.4) is 0 Å². The SMILES string of the molecule is Cc1cccc(O)c1-c1ncc2c(N3C[C@H]4CC[C@@H](C3)N4)nc(OCC34CCCN3CC(F)C4)nc2c1F. The number of phenolic OH excluding ortho intramolecular Hbond substituents is 1. The Bertz CT molecular complexity index is 1370. The number of halogens is 2. The minimum Gasteiger partial charge on any atom is -0.507 e. The molecule has 200 valence electrons. The molecule has 0 aliphatic carbocycles. The summed E-state index contributed by atoms with van der Waals surface area (Å²) in [5.74, 6) is -0.0578. The molecule has 0 amide bonds. The van der Waals surface area contributed by atoms with Crippen molar-refractivity contribution in [3.63, 3.8) is 0 Å². The van der Waals surface area contributed by atoms with Crippen LogP contribution in [0.5, 0.6) is 11.8 Å². The van der Waals surface area contributed by atoms with Crippen molar-refractivity contribution in [2.24, 2.45) is 0 Å². The summed E-state index contributed by atoms with van der Waals surface area (Å²) in [5.41, 5.74) is 0.846. The number of pyridine rings is 1. The average Bonchev–Trinajstić information content (AvgIpc) is 3.54. The predicted molar refractivity (Wildman–Crippen MR) is 140 cm³/mol. The van der Waals surface area contributed by atoms with Gasteiger partial charge in [-0.15, -0.1) is 0 Å². The van der Waals surface area contributed by atoms with E-state index in [1.807, 2.05) is 13.0 Å². The lowest BCUT2D eigenvalue weighted by atomic mass is 9.95. The second-order valence-corrected chi connectivity index (χ2v) is 11.4. The van der Waals surface area contributed by atoms with Gasteiger partial charge in [-0.3, -0.25) is 9.88 Å². The monoisotopic (exact) mass is 522 g/mol. The fraction of sp³-hybridized carbons (Fsp3) is 0.536. The van der Waals surface area contributed by atoms with Gasteiger partial charge in [-0.05, 0) is 50.8 Å². The Hall–Kier alpha value is -3.11. The highest BCUT2D eigenvalue weighted by Crippen LogP contribution is 2.41. The normalized spacial score (nSPS) is 28.8. The number of benzene rings is 1. The van der Waals surface area contributed by atoms with Crippen molar-refractivity contribution in [3.05, 3.63) is 35.8 Å². The average molecular weight is 523 g/mol. The first-order valence-electron chi connectivity index (χ1n) is 13.6. The van der Waals surface area contributed by atoms with Crippen LogP contribution in [0, 0.1) is 12.7 Å². The fourth-order valence-electron chi connectivity index (χ4n) is 7.08. The predicted octanol–water partition coefficient (Wildman–Crippen LogP) is 3.74. The smallest absolute Gasteiger partial charge is 0.319 e. The van der Waals surface area contributed by atoms with Crippen molar-refractivity contribution in [2.75, 3.05) is 37.7 Å². The second-order valence-electron chi connectivity index (χ2n) is 11.4. The zero-order valence-electron chi connectivity index (χ0n) is 21.5. The molecule has 6 heterocycles. The highest BCUT2D eigenvalue weighted by atomic mass is 19.1. The minimum absolute atomic E-state index is 0.0392. The lowest BCUT2D eigenvalue weighted by molar-refractivity contribution is 0.107. The van der Waals surface area contributed by atoms with Crippen LogP contribution in [0.2, 0.25) is 0 Å². The molecule has 1 aromatic carbocycles. The van der Waals surface area contributed by atoms with Crippen molar-refractivity contribution in [2.45, 2.75) is 62.8 Å². The number of nitrogens with one attached hydrogen (secondary N) is 1. The number of piperazine rings is 1. The quantitative estimate of drug-likeness (QED) is 0.524. The van der Waals surface area contributed by atoms with E-state index in [0.717, 1.165) is 45.3 Å². The van der Waals surface area contributed by atoms with E-state index in [2.05, 4.69) is 25.1 Å². The lowest BCUT2D eigenvalue weighted by Crippen LogP contribution is -2.51. The second kappa shape index (κ2) is 8.98. The van der Waals surface area contributed by atoms with Crippen LogP contribution < -0.4 is 15.0 Å². The number of ether oxygens (including phenoxy) is 1. The largest absolute Gasteiger partial charge is 0.507 e. The van der Waals surface area contributed by atoms with Crippen LogP contribution in [0.1, 0.15) is 37.7 Å². The topological polar surface area (TPSA) is 86.6 Å². The third kappa shape index (κ3) is 3.88. The van der Waals surface area contributed by atoms with Crippen LogP contribution in [0.25, 0.3) is 22.2 Å². The molecular formula is C28H32F2N6O2. The summed E-state index contributed by atoms with van der Waals surface area (Å²) in [4.78, 5) is 18.1. The van der Waals surface area contributed by atoms with Crippen molar-refractivity contribution in [3.8, 4) is 23.0 Å². The standard InChI is InChI=1S/C28H32F2N6O2/c1-16-4-2-5-21(37)22(16)25-23(30)24-20(11-31-25)26(35-13-18-6-7-19(14-35)32-18)34-27(33-24)38-15-28-8-3-9-36(28)12-17(29)10-28/h2,4-5,11,17-19,32,37H,3,6-10,12-15H2,1H3/t17?,18-,19+,28?. The maximum absolute atomic E-state index is 16.2. The summed E-state index contributed by atoms with van der Waals surface area (Å²) in [6.45, 7) is 4.88. The maximum atomic E-state index is 16.2. The number of hydrogen-bond acceptors (Lipinski definition) is 8. The Labute approximate surface area is 220 Å². The lowest BCUT2D eigenvalue weighted by Gasteiger charge is -2.34. The maximum Gasteiger partial charge on any atom is 0.319 e. The molecule has 8 nitrogen and oxygen atoms in total. The first-order valence-corrected chi connectivity index (χ1v) is 13.6. The highest BCUT2D eigenvalue weighted by molar-refractivity contribution is 5.92. The van der Waals surface area contributed by atoms with Gasteiger partial charge in [0.15, 0.2) is 5.82 Å². The molecule has 0 saturated carbocycles. The third-order valence-corrected chi connectivity index (χ3v) is 8.88. The van der Waals surface area contributed by atoms with Gasteiger partial charge < -0.3 is 20.1 Å². The molecule has 38 heavy (non-hydrogen) atoms. The summed E-state index contributed by atoms with van der Waals surface area (Å²) in [6.07, 6.45) is 5.24. The number of rotatable bonds is 5. The van der Waals surface area contributed by atoms with Gasteiger partial charge in [0, 0.05) is 49.9 Å². The van der Waals surface area contributed by atoms with E-state index in [0.29, 0.717) is 47.4 Å². The number of nitrogens with zero attached hydrogens (tertiary/aromatic N) is 5. The number of fused-ring (bicyclic) bond motifs is 4. The van der Waals surface area contributed by atoms with Gasteiger partial charge in [0.1, 0.15) is 35.6 Å². The first kappa shape index (κ1) is 24.0. The molecule has 4 fully saturated rings.